The van der Waals surface area contributed by atoms with E-state index in [0.29, 0.717) is 10.9 Å². The van der Waals surface area contributed by atoms with Crippen LogP contribution in [0.5, 0.6) is 0 Å². The van der Waals surface area contributed by atoms with Gasteiger partial charge in [-0.1, -0.05) is 31.5 Å². The molecule has 0 spiro atoms. The van der Waals surface area contributed by atoms with Crippen LogP contribution in [-0.4, -0.2) is 26.1 Å². The van der Waals surface area contributed by atoms with Crippen molar-refractivity contribution in [1.29, 1.82) is 0 Å². The highest BCUT2D eigenvalue weighted by Crippen LogP contribution is 2.29. The first kappa shape index (κ1) is 14.3. The summed E-state index contributed by atoms with van der Waals surface area (Å²) in [4.78, 5) is 9.64. The van der Waals surface area contributed by atoms with Crippen LogP contribution in [0.4, 0.5) is 5.82 Å². The minimum Gasteiger partial charge on any atom is -0.369 e. The topological polar surface area (TPSA) is 55.1 Å². The molecule has 110 valence electrons. The predicted octanol–water partition coefficient (Wildman–Crippen LogP) is 3.54. The average molecular weight is 322 g/mol. The molecular formula is C14H16ClN5S. The van der Waals surface area contributed by atoms with Crippen LogP contribution >= 0.6 is 22.9 Å². The Hall–Kier alpha value is -1.66. The van der Waals surface area contributed by atoms with Crippen LogP contribution in [-0.2, 0) is 5.41 Å². The van der Waals surface area contributed by atoms with E-state index >= 15 is 0 Å². The summed E-state index contributed by atoms with van der Waals surface area (Å²) in [5, 5.41) is 10.2. The van der Waals surface area contributed by atoms with E-state index in [0.717, 1.165) is 17.9 Å². The van der Waals surface area contributed by atoms with Gasteiger partial charge in [-0.2, -0.15) is 19.6 Å². The molecule has 7 heteroatoms. The van der Waals surface area contributed by atoms with Crippen molar-refractivity contribution in [3.8, 4) is 0 Å². The molecular weight excluding hydrogens is 306 g/mol. The second-order valence-electron chi connectivity index (χ2n) is 5.56. The lowest BCUT2D eigenvalue weighted by Crippen LogP contribution is -2.27. The molecule has 0 fully saturated rings. The molecule has 0 aromatic carbocycles. The monoisotopic (exact) mass is 321 g/mol. The van der Waals surface area contributed by atoms with E-state index in [-0.39, 0.29) is 5.41 Å². The molecule has 0 bridgehead atoms. The first-order chi connectivity index (χ1) is 9.99. The Morgan fingerprint density at radius 1 is 1.43 bits per heavy atom. The molecule has 0 saturated carbocycles. The Kier molecular flexibility index (Phi) is 3.59. The molecule has 0 unspecified atom stereocenters. The normalized spacial score (nSPS) is 12.0. The lowest BCUT2D eigenvalue weighted by atomic mass is 9.91. The fraction of sp³-hybridized carbons (Fsp3) is 0.357. The zero-order chi connectivity index (χ0) is 15.0. The molecule has 0 atom stereocenters. The van der Waals surface area contributed by atoms with Gasteiger partial charge in [-0.05, 0) is 18.4 Å². The Balaban J connectivity index is 1.92. The Labute approximate surface area is 132 Å². The molecule has 5 nitrogen and oxygen atoms in total. The molecule has 0 amide bonds. The number of aromatic nitrogens is 4. The van der Waals surface area contributed by atoms with E-state index in [9.17, 15) is 0 Å². The minimum absolute atomic E-state index is 0.0171. The van der Waals surface area contributed by atoms with Crippen LogP contribution < -0.4 is 5.32 Å². The van der Waals surface area contributed by atoms with Crippen LogP contribution in [0.2, 0.25) is 5.15 Å². The SMILES string of the molecule is Cc1c(Cl)nc2ncnn2c1NCC(C)(C)c1cccs1. The first-order valence-corrected chi connectivity index (χ1v) is 7.88. The average Bonchev–Trinajstić information content (AvgIpc) is 3.09. The maximum Gasteiger partial charge on any atom is 0.255 e. The lowest BCUT2D eigenvalue weighted by molar-refractivity contribution is 0.567. The van der Waals surface area contributed by atoms with Crippen molar-refractivity contribution >= 4 is 34.5 Å². The molecule has 3 heterocycles. The number of nitrogens with one attached hydrogen (secondary N) is 1. The molecule has 0 saturated heterocycles. The highest BCUT2D eigenvalue weighted by Gasteiger charge is 2.23. The second-order valence-corrected chi connectivity index (χ2v) is 6.87. The van der Waals surface area contributed by atoms with E-state index in [1.807, 2.05) is 6.92 Å². The van der Waals surface area contributed by atoms with Gasteiger partial charge < -0.3 is 5.32 Å². The molecule has 0 aliphatic rings. The first-order valence-electron chi connectivity index (χ1n) is 6.63. The third kappa shape index (κ3) is 2.61. The molecule has 0 radical (unpaired) electrons. The molecule has 3 aromatic heterocycles. The van der Waals surface area contributed by atoms with Gasteiger partial charge in [0.1, 0.15) is 17.3 Å². The van der Waals surface area contributed by atoms with Gasteiger partial charge in [0.05, 0.1) is 0 Å². The Bertz CT molecular complexity index is 763. The van der Waals surface area contributed by atoms with Gasteiger partial charge in [-0.15, -0.1) is 11.3 Å². The number of thiophene rings is 1. The van der Waals surface area contributed by atoms with Gasteiger partial charge in [0, 0.05) is 22.4 Å². The van der Waals surface area contributed by atoms with Crippen molar-refractivity contribution in [3.63, 3.8) is 0 Å². The largest absolute Gasteiger partial charge is 0.369 e. The predicted molar refractivity (Wildman–Crippen MR) is 86.4 cm³/mol. The van der Waals surface area contributed by atoms with Gasteiger partial charge in [0.15, 0.2) is 0 Å². The maximum atomic E-state index is 6.17. The molecule has 3 rings (SSSR count). The standard InChI is InChI=1S/C14H16ClN5S/c1-9-11(15)19-13-17-8-18-20(13)12(9)16-7-14(2,3)10-5-4-6-21-10/h4-6,8,16H,7H2,1-3H3. The zero-order valence-corrected chi connectivity index (χ0v) is 13.7. The number of anilines is 1. The highest BCUT2D eigenvalue weighted by molar-refractivity contribution is 7.10. The zero-order valence-electron chi connectivity index (χ0n) is 12.1. The van der Waals surface area contributed by atoms with Crippen LogP contribution in [0.3, 0.4) is 0 Å². The summed E-state index contributed by atoms with van der Waals surface area (Å²) in [6, 6.07) is 4.23. The number of nitrogens with zero attached hydrogens (tertiary/aromatic N) is 4. The number of rotatable bonds is 4. The maximum absolute atomic E-state index is 6.17. The van der Waals surface area contributed by atoms with E-state index in [1.165, 1.54) is 11.2 Å². The Morgan fingerprint density at radius 3 is 2.95 bits per heavy atom. The van der Waals surface area contributed by atoms with Crippen LogP contribution in [0, 0.1) is 6.92 Å². The summed E-state index contributed by atoms with van der Waals surface area (Å²) in [6.45, 7) is 7.12. The Morgan fingerprint density at radius 2 is 2.24 bits per heavy atom. The number of fused-ring (bicyclic) bond motifs is 1. The minimum atomic E-state index is 0.0171. The summed E-state index contributed by atoms with van der Waals surface area (Å²) in [6.07, 6.45) is 1.48. The van der Waals surface area contributed by atoms with Gasteiger partial charge in [-0.3, -0.25) is 0 Å². The summed E-state index contributed by atoms with van der Waals surface area (Å²) in [5.41, 5.74) is 0.889. The fourth-order valence-corrected chi connectivity index (χ4v) is 3.18. The molecule has 1 N–H and O–H groups in total. The van der Waals surface area contributed by atoms with Gasteiger partial charge >= 0.3 is 0 Å². The quantitative estimate of drug-likeness (QED) is 0.747. The smallest absolute Gasteiger partial charge is 0.255 e. The van der Waals surface area contributed by atoms with Crippen molar-refractivity contribution in [2.24, 2.45) is 0 Å². The van der Waals surface area contributed by atoms with Crippen molar-refractivity contribution in [1.82, 2.24) is 19.6 Å². The van der Waals surface area contributed by atoms with Gasteiger partial charge in [0.2, 0.25) is 0 Å². The summed E-state index contributed by atoms with van der Waals surface area (Å²) in [5.74, 6) is 1.34. The molecule has 21 heavy (non-hydrogen) atoms. The lowest BCUT2D eigenvalue weighted by Gasteiger charge is -2.25. The van der Waals surface area contributed by atoms with E-state index in [2.05, 4.69) is 51.7 Å². The third-order valence-electron chi connectivity index (χ3n) is 3.49. The van der Waals surface area contributed by atoms with Crippen molar-refractivity contribution < 1.29 is 0 Å². The summed E-state index contributed by atoms with van der Waals surface area (Å²) < 4.78 is 1.69. The van der Waals surface area contributed by atoms with Crippen molar-refractivity contribution in [2.75, 3.05) is 11.9 Å². The summed E-state index contributed by atoms with van der Waals surface area (Å²) in [7, 11) is 0. The van der Waals surface area contributed by atoms with Crippen LogP contribution in [0.15, 0.2) is 23.8 Å². The number of halogens is 1. The molecule has 0 aliphatic carbocycles. The molecule has 0 aliphatic heterocycles. The highest BCUT2D eigenvalue weighted by atomic mass is 35.5. The van der Waals surface area contributed by atoms with E-state index < -0.39 is 0 Å². The number of hydrogen-bond donors (Lipinski definition) is 1. The van der Waals surface area contributed by atoms with Crippen molar-refractivity contribution in [2.45, 2.75) is 26.2 Å². The third-order valence-corrected chi connectivity index (χ3v) is 5.09. The van der Waals surface area contributed by atoms with Crippen LogP contribution in [0.25, 0.3) is 5.78 Å². The number of hydrogen-bond acceptors (Lipinski definition) is 5. The van der Waals surface area contributed by atoms with Crippen molar-refractivity contribution in [3.05, 3.63) is 39.4 Å². The summed E-state index contributed by atoms with van der Waals surface area (Å²) >= 11 is 7.93. The second kappa shape index (κ2) is 5.27. The fourth-order valence-electron chi connectivity index (χ4n) is 2.16. The van der Waals surface area contributed by atoms with E-state index in [4.69, 9.17) is 11.6 Å². The molecule has 3 aromatic rings. The van der Waals surface area contributed by atoms with Crippen LogP contribution in [0.1, 0.15) is 24.3 Å². The van der Waals surface area contributed by atoms with Gasteiger partial charge in [0.25, 0.3) is 5.78 Å². The van der Waals surface area contributed by atoms with Gasteiger partial charge in [-0.25, -0.2) is 0 Å². The van der Waals surface area contributed by atoms with E-state index in [1.54, 1.807) is 15.9 Å².